The zero-order valence-corrected chi connectivity index (χ0v) is 17.9. The summed E-state index contributed by atoms with van der Waals surface area (Å²) in [4.78, 5) is 4.90. The summed E-state index contributed by atoms with van der Waals surface area (Å²) in [7, 11) is -3.48. The Morgan fingerprint density at radius 3 is 2.60 bits per heavy atom. The maximum atomic E-state index is 12.4. The number of aromatic nitrogens is 1. The predicted octanol–water partition coefficient (Wildman–Crippen LogP) is 2.89. The van der Waals surface area contributed by atoms with E-state index in [4.69, 9.17) is 5.73 Å². The van der Waals surface area contributed by atoms with Gasteiger partial charge in [0.05, 0.1) is 10.4 Å². The molecule has 7 heteroatoms. The van der Waals surface area contributed by atoms with Gasteiger partial charge in [0.15, 0.2) is 0 Å². The van der Waals surface area contributed by atoms with Crippen molar-refractivity contribution in [3.63, 3.8) is 0 Å². The number of piperidine rings is 1. The van der Waals surface area contributed by atoms with Crippen molar-refractivity contribution in [2.45, 2.75) is 36.7 Å². The molecule has 2 aromatic carbocycles. The molecule has 0 radical (unpaired) electrons. The molecule has 1 aliphatic heterocycles. The second kappa shape index (κ2) is 8.81. The third kappa shape index (κ3) is 4.54. The summed E-state index contributed by atoms with van der Waals surface area (Å²) in [5, 5.41) is 4.59. The van der Waals surface area contributed by atoms with Crippen LogP contribution in [0, 0.1) is 12.8 Å². The Morgan fingerprint density at radius 1 is 1.13 bits per heavy atom. The van der Waals surface area contributed by atoms with Gasteiger partial charge in [-0.3, -0.25) is 4.98 Å². The molecule has 1 fully saturated rings. The zero-order chi connectivity index (χ0) is 21.1. The van der Waals surface area contributed by atoms with Crippen LogP contribution < -0.4 is 15.8 Å². The van der Waals surface area contributed by atoms with Gasteiger partial charge in [0.2, 0.25) is 10.0 Å². The molecule has 1 aliphatic rings. The lowest BCUT2D eigenvalue weighted by Gasteiger charge is -2.34. The average Bonchev–Trinajstić information content (AvgIpc) is 2.77. The smallest absolute Gasteiger partial charge is 0.240 e. The van der Waals surface area contributed by atoms with Crippen molar-refractivity contribution in [3.8, 4) is 0 Å². The lowest BCUT2D eigenvalue weighted by Crippen LogP contribution is -2.48. The quantitative estimate of drug-likeness (QED) is 0.565. The molecule has 0 bridgehead atoms. The fourth-order valence-corrected chi connectivity index (χ4v) is 5.28. The minimum Gasteiger partial charge on any atom is -0.324 e. The number of hydrogen-bond acceptors (Lipinski definition) is 5. The second-order valence-electron chi connectivity index (χ2n) is 8.00. The molecule has 1 unspecified atom stereocenters. The van der Waals surface area contributed by atoms with Crippen LogP contribution in [0.2, 0.25) is 0 Å². The monoisotopic (exact) mass is 424 g/mol. The standard InChI is InChI=1S/C23H28N4O2S/c1-16-13-21(20-9-5-6-10-22(20)27-16)23(24)17-11-12-18(25-14-17)15-26-30(28,29)19-7-3-2-4-8-19/h2-10,13,17-18,23,25-26H,11-12,14-15,24H2,1H3/t17-,18+,23?/m1/s1. The highest BCUT2D eigenvalue weighted by atomic mass is 32.2. The average molecular weight is 425 g/mol. The van der Waals surface area contributed by atoms with E-state index in [0.717, 1.165) is 41.5 Å². The molecule has 0 saturated carbocycles. The molecule has 1 saturated heterocycles. The van der Waals surface area contributed by atoms with Crippen LogP contribution in [0.1, 0.15) is 30.1 Å². The van der Waals surface area contributed by atoms with E-state index in [9.17, 15) is 8.42 Å². The normalized spacial score (nSPS) is 20.9. The van der Waals surface area contributed by atoms with Crippen molar-refractivity contribution in [2.24, 2.45) is 11.7 Å². The molecule has 3 atom stereocenters. The van der Waals surface area contributed by atoms with Crippen LogP contribution in [0.25, 0.3) is 10.9 Å². The van der Waals surface area contributed by atoms with Crippen molar-refractivity contribution in [1.82, 2.24) is 15.0 Å². The van der Waals surface area contributed by atoms with E-state index in [2.05, 4.69) is 27.2 Å². The van der Waals surface area contributed by atoms with Gasteiger partial charge in [-0.05, 0) is 55.5 Å². The van der Waals surface area contributed by atoms with Crippen molar-refractivity contribution in [1.29, 1.82) is 0 Å². The summed E-state index contributed by atoms with van der Waals surface area (Å²) in [5.41, 5.74) is 9.76. The molecular weight excluding hydrogens is 396 g/mol. The Bertz CT molecular complexity index is 1110. The van der Waals surface area contributed by atoms with Gasteiger partial charge in [-0.25, -0.2) is 13.1 Å². The largest absolute Gasteiger partial charge is 0.324 e. The number of hydrogen-bond donors (Lipinski definition) is 3. The minimum absolute atomic E-state index is 0.0916. The van der Waals surface area contributed by atoms with Crippen molar-refractivity contribution < 1.29 is 8.42 Å². The van der Waals surface area contributed by atoms with Crippen molar-refractivity contribution >= 4 is 20.9 Å². The van der Waals surface area contributed by atoms with Gasteiger partial charge >= 0.3 is 0 Å². The number of aryl methyl sites for hydroxylation is 1. The lowest BCUT2D eigenvalue weighted by atomic mass is 9.84. The summed E-state index contributed by atoms with van der Waals surface area (Å²) in [6.45, 7) is 3.13. The maximum Gasteiger partial charge on any atom is 0.240 e. The Morgan fingerprint density at radius 2 is 1.87 bits per heavy atom. The molecule has 1 aromatic heterocycles. The molecule has 0 amide bonds. The fraction of sp³-hybridized carbons (Fsp3) is 0.348. The molecular formula is C23H28N4O2S. The van der Waals surface area contributed by atoms with Gasteiger partial charge < -0.3 is 11.1 Å². The summed E-state index contributed by atoms with van der Waals surface area (Å²) >= 11 is 0. The first-order valence-electron chi connectivity index (χ1n) is 10.3. The number of sulfonamides is 1. The van der Waals surface area contributed by atoms with Crippen LogP contribution in [0.15, 0.2) is 65.6 Å². The SMILES string of the molecule is Cc1cc(C(N)[C@@H]2CC[C@@H](CNS(=O)(=O)c3ccccc3)NC2)c2ccccc2n1. The summed E-state index contributed by atoms with van der Waals surface area (Å²) in [6.07, 6.45) is 1.82. The first-order valence-corrected chi connectivity index (χ1v) is 11.8. The van der Waals surface area contributed by atoms with E-state index < -0.39 is 10.0 Å². The van der Waals surface area contributed by atoms with E-state index in [1.54, 1.807) is 30.3 Å². The molecule has 6 nitrogen and oxygen atoms in total. The molecule has 30 heavy (non-hydrogen) atoms. The summed E-state index contributed by atoms with van der Waals surface area (Å²) in [6, 6.07) is 18.7. The van der Waals surface area contributed by atoms with Crippen LogP contribution in [0.3, 0.4) is 0 Å². The number of benzene rings is 2. The molecule has 0 spiro atoms. The van der Waals surface area contributed by atoms with Gasteiger partial charge in [-0.1, -0.05) is 36.4 Å². The van der Waals surface area contributed by atoms with Crippen LogP contribution >= 0.6 is 0 Å². The van der Waals surface area contributed by atoms with E-state index in [0.29, 0.717) is 11.4 Å². The van der Waals surface area contributed by atoms with Gasteiger partial charge in [-0.15, -0.1) is 0 Å². The van der Waals surface area contributed by atoms with E-state index in [-0.39, 0.29) is 18.0 Å². The van der Waals surface area contributed by atoms with E-state index in [1.165, 1.54) is 0 Å². The maximum absolute atomic E-state index is 12.4. The molecule has 4 N–H and O–H groups in total. The van der Waals surface area contributed by atoms with Gasteiger partial charge in [0.25, 0.3) is 0 Å². The van der Waals surface area contributed by atoms with Gasteiger partial charge in [-0.2, -0.15) is 0 Å². The Balaban J connectivity index is 1.38. The van der Waals surface area contributed by atoms with Gasteiger partial charge in [0.1, 0.15) is 0 Å². The highest BCUT2D eigenvalue weighted by molar-refractivity contribution is 7.89. The molecule has 0 aliphatic carbocycles. The molecule has 4 rings (SSSR count). The fourth-order valence-electron chi connectivity index (χ4n) is 4.18. The molecule has 3 aromatic rings. The van der Waals surface area contributed by atoms with E-state index >= 15 is 0 Å². The highest BCUT2D eigenvalue weighted by Crippen LogP contribution is 2.31. The predicted molar refractivity (Wildman–Crippen MR) is 120 cm³/mol. The Kier molecular flexibility index (Phi) is 6.15. The van der Waals surface area contributed by atoms with Crippen LogP contribution in [-0.4, -0.2) is 32.5 Å². The number of rotatable bonds is 6. The number of nitrogens with one attached hydrogen (secondary N) is 2. The summed E-state index contributed by atoms with van der Waals surface area (Å²) in [5.74, 6) is 0.289. The number of nitrogens with two attached hydrogens (primary N) is 1. The number of fused-ring (bicyclic) bond motifs is 1. The second-order valence-corrected chi connectivity index (χ2v) is 9.77. The highest BCUT2D eigenvalue weighted by Gasteiger charge is 2.28. The van der Waals surface area contributed by atoms with Crippen LogP contribution in [0.5, 0.6) is 0 Å². The van der Waals surface area contributed by atoms with Gasteiger partial charge in [0, 0.05) is 36.3 Å². The van der Waals surface area contributed by atoms with E-state index in [1.807, 2.05) is 25.1 Å². The molecule has 158 valence electrons. The Hall–Kier alpha value is -2.32. The first kappa shape index (κ1) is 20.9. The number of pyridine rings is 1. The van der Waals surface area contributed by atoms with Crippen LogP contribution in [0.4, 0.5) is 0 Å². The lowest BCUT2D eigenvalue weighted by molar-refractivity contribution is 0.276. The van der Waals surface area contributed by atoms with Crippen molar-refractivity contribution in [3.05, 3.63) is 71.9 Å². The first-order chi connectivity index (χ1) is 14.4. The molecule has 2 heterocycles. The summed E-state index contributed by atoms with van der Waals surface area (Å²) < 4.78 is 27.6. The Labute approximate surface area is 178 Å². The van der Waals surface area contributed by atoms with Crippen LogP contribution in [-0.2, 0) is 10.0 Å². The van der Waals surface area contributed by atoms with Crippen molar-refractivity contribution in [2.75, 3.05) is 13.1 Å². The topological polar surface area (TPSA) is 97.1 Å². The number of nitrogens with zero attached hydrogens (tertiary/aromatic N) is 1. The number of para-hydroxylation sites is 1. The zero-order valence-electron chi connectivity index (χ0n) is 17.1. The third-order valence-electron chi connectivity index (χ3n) is 5.87. The third-order valence-corrected chi connectivity index (χ3v) is 7.31. The minimum atomic E-state index is -3.48.